The molecule has 1 aliphatic heterocycles. The lowest BCUT2D eigenvalue weighted by Gasteiger charge is -2.21. The fraction of sp³-hybridized carbons (Fsp3) is 0.0476. The number of rotatable bonds is 9. The predicted octanol–water partition coefficient (Wildman–Crippen LogP) is 11.0. The maximum Gasteiger partial charge on any atom is 0.180 e. The van der Waals surface area contributed by atoms with E-state index in [1.165, 1.54) is 0 Å². The molecular weight excluding hydrogens is 578 g/mol. The van der Waals surface area contributed by atoms with Gasteiger partial charge in [0.25, 0.3) is 0 Å². The molecule has 2 heterocycles. The molecule has 1 aromatic heterocycles. The van der Waals surface area contributed by atoms with Crippen molar-refractivity contribution in [3.63, 3.8) is 0 Å². The second-order valence-electron chi connectivity index (χ2n) is 11.1. The average molecular weight is 612 g/mol. The highest BCUT2D eigenvalue weighted by Gasteiger charge is 2.25. The summed E-state index contributed by atoms with van der Waals surface area (Å²) in [6.07, 6.45) is 9.98. The van der Waals surface area contributed by atoms with Gasteiger partial charge < -0.3 is 14.0 Å². The van der Waals surface area contributed by atoms with Crippen molar-refractivity contribution in [1.82, 2.24) is 4.57 Å². The third-order valence-electron chi connectivity index (χ3n) is 8.21. The van der Waals surface area contributed by atoms with Crippen LogP contribution in [-0.2, 0) is 6.67 Å². The van der Waals surface area contributed by atoms with E-state index in [1.54, 1.807) is 0 Å². The van der Waals surface area contributed by atoms with Crippen LogP contribution in [0.15, 0.2) is 162 Å². The fourth-order valence-corrected chi connectivity index (χ4v) is 5.92. The SMILES string of the molecule is C=C/C(=C\C=C/C)c1ccc2c(c1)c1c3c(ccc1n2C/N=C(\C=C(/N=C)c1ccccc1)c1ccccc1)Oc1ccccc1O3. The van der Waals surface area contributed by atoms with E-state index in [0.717, 1.165) is 55.5 Å². The van der Waals surface area contributed by atoms with E-state index in [1.807, 2.05) is 110 Å². The van der Waals surface area contributed by atoms with Crippen molar-refractivity contribution in [2.45, 2.75) is 13.6 Å². The summed E-state index contributed by atoms with van der Waals surface area (Å²) in [5.74, 6) is 2.74. The van der Waals surface area contributed by atoms with Crippen molar-refractivity contribution in [2.24, 2.45) is 9.98 Å². The number of aliphatic imine (C=N–C) groups is 2. The van der Waals surface area contributed by atoms with Crippen molar-refractivity contribution < 1.29 is 9.47 Å². The molecule has 0 N–H and O–H groups in total. The van der Waals surface area contributed by atoms with Crippen LogP contribution in [0.4, 0.5) is 0 Å². The summed E-state index contributed by atoms with van der Waals surface area (Å²) in [6.45, 7) is 10.3. The molecule has 0 atom stereocenters. The second-order valence-corrected chi connectivity index (χ2v) is 11.1. The summed E-state index contributed by atoms with van der Waals surface area (Å²) < 4.78 is 15.1. The Balaban J connectivity index is 1.43. The Kier molecular flexibility index (Phi) is 8.18. The van der Waals surface area contributed by atoms with Gasteiger partial charge >= 0.3 is 0 Å². The Morgan fingerprint density at radius 3 is 2.13 bits per heavy atom. The third kappa shape index (κ3) is 5.71. The number of para-hydroxylation sites is 2. The molecule has 47 heavy (non-hydrogen) atoms. The van der Waals surface area contributed by atoms with Crippen molar-refractivity contribution in [3.8, 4) is 23.0 Å². The number of benzene rings is 5. The van der Waals surface area contributed by atoms with Crippen LogP contribution in [-0.4, -0.2) is 17.0 Å². The van der Waals surface area contributed by atoms with Crippen LogP contribution < -0.4 is 9.47 Å². The van der Waals surface area contributed by atoms with E-state index in [9.17, 15) is 0 Å². The molecule has 6 aromatic rings. The van der Waals surface area contributed by atoms with E-state index >= 15 is 0 Å². The zero-order valence-corrected chi connectivity index (χ0v) is 26.1. The predicted molar refractivity (Wildman–Crippen MR) is 196 cm³/mol. The molecule has 7 rings (SSSR count). The standard InChI is InChI=1S/C42H33N3O2/c1-4-6-15-29(5-2)32-22-23-36-33(26-32)41-37(24-25-40-42(41)47-39-21-14-13-20-38(39)46-40)45(36)28-44-35(31-18-11-8-12-19-31)27-34(43-3)30-16-9-7-10-17-30/h4-27H,2-3,28H2,1H3/b6-4-,29-15+,34-27-,44-35+. The number of ether oxygens (including phenoxy) is 2. The zero-order valence-electron chi connectivity index (χ0n) is 26.1. The smallest absolute Gasteiger partial charge is 0.180 e. The first-order valence-corrected chi connectivity index (χ1v) is 15.5. The van der Waals surface area contributed by atoms with Gasteiger partial charge in [-0.3, -0.25) is 9.98 Å². The first-order chi connectivity index (χ1) is 23.2. The van der Waals surface area contributed by atoms with Gasteiger partial charge in [0.05, 0.1) is 27.8 Å². The van der Waals surface area contributed by atoms with Gasteiger partial charge in [-0.2, -0.15) is 0 Å². The van der Waals surface area contributed by atoms with Gasteiger partial charge in [-0.05, 0) is 72.8 Å². The van der Waals surface area contributed by atoms with Crippen LogP contribution in [0.5, 0.6) is 23.0 Å². The van der Waals surface area contributed by atoms with Crippen molar-refractivity contribution in [1.29, 1.82) is 0 Å². The topological polar surface area (TPSA) is 48.1 Å². The Morgan fingerprint density at radius 2 is 1.43 bits per heavy atom. The summed E-state index contributed by atoms with van der Waals surface area (Å²) in [5.41, 5.74) is 7.62. The van der Waals surface area contributed by atoms with Gasteiger partial charge in [0.1, 0.15) is 6.67 Å². The number of hydrogen-bond acceptors (Lipinski definition) is 4. The van der Waals surface area contributed by atoms with Gasteiger partial charge in [0.15, 0.2) is 23.0 Å². The highest BCUT2D eigenvalue weighted by atomic mass is 16.6. The maximum atomic E-state index is 6.57. The Bertz CT molecular complexity index is 2250. The van der Waals surface area contributed by atoms with Gasteiger partial charge in [0.2, 0.25) is 0 Å². The maximum absolute atomic E-state index is 6.57. The molecule has 0 fully saturated rings. The molecule has 1 aliphatic rings. The lowest BCUT2D eigenvalue weighted by Crippen LogP contribution is -2.03. The molecule has 5 heteroatoms. The van der Waals surface area contributed by atoms with Gasteiger partial charge in [-0.25, -0.2) is 0 Å². The van der Waals surface area contributed by atoms with Crippen molar-refractivity contribution in [3.05, 3.63) is 169 Å². The molecule has 0 radical (unpaired) electrons. The molecule has 0 bridgehead atoms. The van der Waals surface area contributed by atoms with E-state index in [4.69, 9.17) is 14.5 Å². The Labute approximate surface area is 274 Å². The summed E-state index contributed by atoms with van der Waals surface area (Å²) in [4.78, 5) is 9.58. The molecule has 228 valence electrons. The molecule has 0 spiro atoms. The molecule has 0 aliphatic carbocycles. The summed E-state index contributed by atoms with van der Waals surface area (Å²) >= 11 is 0. The molecule has 0 saturated heterocycles. The van der Waals surface area contributed by atoms with Crippen LogP contribution in [0.2, 0.25) is 0 Å². The lowest BCUT2D eigenvalue weighted by molar-refractivity contribution is 0.363. The summed E-state index contributed by atoms with van der Waals surface area (Å²) in [5, 5.41) is 2.00. The van der Waals surface area contributed by atoms with Crippen LogP contribution in [0, 0.1) is 0 Å². The summed E-state index contributed by atoms with van der Waals surface area (Å²) in [7, 11) is 0. The number of aromatic nitrogens is 1. The highest BCUT2D eigenvalue weighted by Crippen LogP contribution is 2.50. The minimum atomic E-state index is 0.359. The van der Waals surface area contributed by atoms with E-state index in [-0.39, 0.29) is 0 Å². The number of allylic oxidation sites excluding steroid dienone is 6. The molecule has 5 nitrogen and oxygen atoms in total. The largest absolute Gasteiger partial charge is 0.449 e. The number of nitrogens with zero attached hydrogens (tertiary/aromatic N) is 3. The third-order valence-corrected chi connectivity index (χ3v) is 8.21. The second kappa shape index (κ2) is 13.0. The highest BCUT2D eigenvalue weighted by molar-refractivity contribution is 6.14. The van der Waals surface area contributed by atoms with E-state index < -0.39 is 0 Å². The minimum Gasteiger partial charge on any atom is -0.449 e. The van der Waals surface area contributed by atoms with Crippen molar-refractivity contribution >= 4 is 45.5 Å². The van der Waals surface area contributed by atoms with Gasteiger partial charge in [-0.15, -0.1) is 0 Å². The van der Waals surface area contributed by atoms with Crippen LogP contribution in [0.3, 0.4) is 0 Å². The molecular formula is C42H33N3O2. The summed E-state index contributed by atoms with van der Waals surface area (Å²) in [6, 6.07) is 38.5. The number of hydrogen-bond donors (Lipinski definition) is 0. The van der Waals surface area contributed by atoms with Crippen molar-refractivity contribution in [2.75, 3.05) is 0 Å². The quantitative estimate of drug-likeness (QED) is 0.120. The van der Waals surface area contributed by atoms with E-state index in [2.05, 4.69) is 65.3 Å². The van der Waals surface area contributed by atoms with Gasteiger partial charge in [0, 0.05) is 10.9 Å². The minimum absolute atomic E-state index is 0.359. The lowest BCUT2D eigenvalue weighted by atomic mass is 10.0. The molecule has 0 unspecified atom stereocenters. The first-order valence-electron chi connectivity index (χ1n) is 15.5. The fourth-order valence-electron chi connectivity index (χ4n) is 5.92. The van der Waals surface area contributed by atoms with Crippen LogP contribution in [0.25, 0.3) is 33.1 Å². The normalized spacial score (nSPS) is 13.3. The molecule has 0 saturated carbocycles. The number of fused-ring (bicyclic) bond motifs is 6. The molecule has 0 amide bonds. The monoisotopic (exact) mass is 611 g/mol. The Morgan fingerprint density at radius 1 is 0.745 bits per heavy atom. The zero-order chi connectivity index (χ0) is 32.2. The van der Waals surface area contributed by atoms with Crippen LogP contribution in [0.1, 0.15) is 23.6 Å². The first kappa shape index (κ1) is 29.5. The Hall–Kier alpha value is -6.20. The van der Waals surface area contributed by atoms with E-state index in [0.29, 0.717) is 29.7 Å². The average Bonchev–Trinajstić information content (AvgIpc) is 3.45. The molecule has 5 aromatic carbocycles. The van der Waals surface area contributed by atoms with Crippen LogP contribution >= 0.6 is 0 Å². The van der Waals surface area contributed by atoms with Gasteiger partial charge in [-0.1, -0.05) is 110 Å².